The van der Waals surface area contributed by atoms with Crippen molar-refractivity contribution in [2.24, 2.45) is 0 Å². The Kier molecular flexibility index (Phi) is 4.91. The second-order valence-corrected chi connectivity index (χ2v) is 7.93. The molecule has 2 aromatic carbocycles. The Morgan fingerprint density at radius 3 is 1.81 bits per heavy atom. The van der Waals surface area contributed by atoms with E-state index in [4.69, 9.17) is 0 Å². The van der Waals surface area contributed by atoms with Gasteiger partial charge in [-0.2, -0.15) is 21.6 Å². The van der Waals surface area contributed by atoms with Crippen molar-refractivity contribution < 1.29 is 30.4 Å². The van der Waals surface area contributed by atoms with Crippen molar-refractivity contribution in [1.29, 1.82) is 0 Å². The average molecular weight is 420 g/mol. The van der Waals surface area contributed by atoms with Gasteiger partial charge in [-0.25, -0.2) is 13.8 Å². The number of nitrogens with one attached hydrogen (secondary N) is 1. The fourth-order valence-electron chi connectivity index (χ4n) is 2.14. The van der Waals surface area contributed by atoms with E-state index in [1.807, 2.05) is 0 Å². The zero-order valence-electron chi connectivity index (χ0n) is 13.1. The van der Waals surface area contributed by atoms with Crippen molar-refractivity contribution >= 4 is 26.5 Å². The number of benzene rings is 2. The quantitative estimate of drug-likeness (QED) is 0.603. The first-order valence-corrected chi connectivity index (χ1v) is 9.48. The number of rotatable bonds is 4. The van der Waals surface area contributed by atoms with Crippen LogP contribution < -0.4 is 4.72 Å². The van der Waals surface area contributed by atoms with E-state index in [1.165, 1.54) is 29.0 Å². The van der Waals surface area contributed by atoms with Crippen molar-refractivity contribution in [2.45, 2.75) is 5.51 Å². The molecule has 1 N–H and O–H groups in total. The molecule has 0 aliphatic heterocycles. The van der Waals surface area contributed by atoms with Gasteiger partial charge in [0, 0.05) is 5.56 Å². The lowest BCUT2D eigenvalue weighted by molar-refractivity contribution is -0.0429. The topological polar surface area (TPSA) is 59.1 Å². The summed E-state index contributed by atoms with van der Waals surface area (Å²) < 4.78 is 88.2. The molecular formula is C16H9F5N2O2S2. The molecule has 0 amide bonds. The molecule has 1 aromatic heterocycles. The normalized spacial score (nSPS) is 12.2. The van der Waals surface area contributed by atoms with Crippen LogP contribution in [0.15, 0.2) is 48.5 Å². The van der Waals surface area contributed by atoms with Crippen molar-refractivity contribution in [3.8, 4) is 21.7 Å². The Bertz CT molecular complexity index is 997. The largest absolute Gasteiger partial charge is 0.516 e. The molecule has 0 saturated carbocycles. The molecule has 3 rings (SSSR count). The molecule has 0 atom stereocenters. The minimum absolute atomic E-state index is 0.131. The number of alkyl halides is 3. The molecule has 11 heteroatoms. The van der Waals surface area contributed by atoms with Crippen molar-refractivity contribution in [3.05, 3.63) is 60.2 Å². The van der Waals surface area contributed by atoms with E-state index in [2.05, 4.69) is 4.98 Å². The molecule has 0 saturated heterocycles. The van der Waals surface area contributed by atoms with E-state index >= 15 is 0 Å². The van der Waals surface area contributed by atoms with Crippen LogP contribution in [0.2, 0.25) is 0 Å². The van der Waals surface area contributed by atoms with Gasteiger partial charge >= 0.3 is 15.5 Å². The maximum absolute atomic E-state index is 13.2. The van der Waals surface area contributed by atoms with Crippen LogP contribution in [0, 0.1) is 11.6 Å². The molecule has 0 bridgehead atoms. The lowest BCUT2D eigenvalue weighted by Gasteiger charge is -2.07. The molecule has 27 heavy (non-hydrogen) atoms. The molecule has 3 aromatic rings. The Labute approximate surface area is 154 Å². The third-order valence-electron chi connectivity index (χ3n) is 3.38. The molecule has 4 nitrogen and oxygen atoms in total. The number of hydrogen-bond donors (Lipinski definition) is 1. The number of thiazole rings is 1. The van der Waals surface area contributed by atoms with E-state index in [0.29, 0.717) is 27.3 Å². The molecule has 0 radical (unpaired) electrons. The third-order valence-corrected chi connectivity index (χ3v) is 5.60. The first-order chi connectivity index (χ1) is 12.6. The molecule has 142 valence electrons. The van der Waals surface area contributed by atoms with E-state index in [1.54, 1.807) is 0 Å². The van der Waals surface area contributed by atoms with Crippen LogP contribution >= 0.6 is 11.3 Å². The van der Waals surface area contributed by atoms with Crippen LogP contribution in [-0.4, -0.2) is 18.9 Å². The van der Waals surface area contributed by atoms with Crippen molar-refractivity contribution in [2.75, 3.05) is 4.72 Å². The summed E-state index contributed by atoms with van der Waals surface area (Å²) in [6.45, 7) is 0. The smallest absolute Gasteiger partial charge is 0.251 e. The predicted molar refractivity (Wildman–Crippen MR) is 91.5 cm³/mol. The number of nitrogens with zero attached hydrogens (tertiary/aromatic N) is 1. The summed E-state index contributed by atoms with van der Waals surface area (Å²) in [6, 6.07) is 9.98. The van der Waals surface area contributed by atoms with Crippen LogP contribution in [0.3, 0.4) is 0 Å². The van der Waals surface area contributed by atoms with Crippen LogP contribution in [-0.2, 0) is 10.0 Å². The number of halogens is 5. The lowest BCUT2D eigenvalue weighted by Crippen LogP contribution is -2.29. The molecule has 0 spiro atoms. The van der Waals surface area contributed by atoms with Gasteiger partial charge in [-0.1, -0.05) is 23.5 Å². The maximum Gasteiger partial charge on any atom is 0.516 e. The number of aromatic nitrogens is 1. The Morgan fingerprint density at radius 2 is 1.33 bits per heavy atom. The summed E-state index contributed by atoms with van der Waals surface area (Å²) in [5.41, 5.74) is -4.62. The number of hydrogen-bond acceptors (Lipinski definition) is 4. The zero-order valence-corrected chi connectivity index (χ0v) is 14.7. The van der Waals surface area contributed by atoms with Gasteiger partial charge in [-0.05, 0) is 42.0 Å². The van der Waals surface area contributed by atoms with Gasteiger partial charge in [-0.3, -0.25) is 4.72 Å². The average Bonchev–Trinajstić information content (AvgIpc) is 2.98. The maximum atomic E-state index is 13.2. The van der Waals surface area contributed by atoms with Gasteiger partial charge in [0.1, 0.15) is 11.6 Å². The SMILES string of the molecule is O=S(=O)(Nc1nc(-c2ccc(F)cc2)c(-c2ccc(F)cc2)s1)C(F)(F)F. The Morgan fingerprint density at radius 1 is 0.852 bits per heavy atom. The lowest BCUT2D eigenvalue weighted by atomic mass is 10.1. The van der Waals surface area contributed by atoms with Gasteiger partial charge in [0.05, 0.1) is 10.6 Å². The molecule has 0 unspecified atom stereocenters. The van der Waals surface area contributed by atoms with E-state index < -0.39 is 32.3 Å². The third kappa shape index (κ3) is 4.08. The first kappa shape index (κ1) is 19.2. The molecule has 0 fully saturated rings. The monoisotopic (exact) mass is 420 g/mol. The van der Waals surface area contributed by atoms with Gasteiger partial charge in [0.15, 0.2) is 5.13 Å². The standard InChI is InChI=1S/C16H9F5N2O2S2/c17-11-5-1-9(2-6-11)13-14(10-3-7-12(18)8-4-10)26-15(22-13)23-27(24,25)16(19,20)21/h1-8H,(H,22,23). The molecule has 1 heterocycles. The minimum Gasteiger partial charge on any atom is -0.251 e. The highest BCUT2D eigenvalue weighted by Gasteiger charge is 2.46. The second-order valence-electron chi connectivity index (χ2n) is 5.26. The summed E-state index contributed by atoms with van der Waals surface area (Å²) in [4.78, 5) is 4.21. The first-order valence-electron chi connectivity index (χ1n) is 7.18. The molecule has 0 aliphatic carbocycles. The summed E-state index contributed by atoms with van der Waals surface area (Å²) in [7, 11) is -5.65. The van der Waals surface area contributed by atoms with Crippen molar-refractivity contribution in [3.63, 3.8) is 0 Å². The highest BCUT2D eigenvalue weighted by atomic mass is 32.2. The molecular weight excluding hydrogens is 411 g/mol. The Balaban J connectivity index is 2.11. The van der Waals surface area contributed by atoms with Crippen LogP contribution in [0.5, 0.6) is 0 Å². The van der Waals surface area contributed by atoms with Gasteiger partial charge in [0.2, 0.25) is 0 Å². The number of sulfonamides is 1. The highest BCUT2D eigenvalue weighted by molar-refractivity contribution is 7.93. The summed E-state index contributed by atoms with van der Waals surface area (Å²) in [5.74, 6) is -1.06. The minimum atomic E-state index is -5.65. The summed E-state index contributed by atoms with van der Waals surface area (Å²) in [6.07, 6.45) is 0. The summed E-state index contributed by atoms with van der Waals surface area (Å²) >= 11 is 0.643. The van der Waals surface area contributed by atoms with Crippen LogP contribution in [0.1, 0.15) is 0 Å². The van der Waals surface area contributed by atoms with Crippen molar-refractivity contribution in [1.82, 2.24) is 4.98 Å². The highest BCUT2D eigenvalue weighted by Crippen LogP contribution is 2.40. The number of anilines is 1. The zero-order chi connectivity index (χ0) is 19.8. The van der Waals surface area contributed by atoms with Gasteiger partial charge in [-0.15, -0.1) is 0 Å². The fourth-order valence-corrected chi connectivity index (χ4v) is 3.87. The fraction of sp³-hybridized carbons (Fsp3) is 0.0625. The Hall–Kier alpha value is -2.53. The predicted octanol–water partition coefficient (Wildman–Crippen LogP) is 5.02. The summed E-state index contributed by atoms with van der Waals surface area (Å²) in [5, 5.41) is -0.522. The second kappa shape index (κ2) is 6.89. The van der Waals surface area contributed by atoms with E-state index in [-0.39, 0.29) is 5.69 Å². The molecule has 0 aliphatic rings. The van der Waals surface area contributed by atoms with E-state index in [9.17, 15) is 30.4 Å². The van der Waals surface area contributed by atoms with Crippen LogP contribution in [0.25, 0.3) is 21.7 Å². The van der Waals surface area contributed by atoms with Crippen LogP contribution in [0.4, 0.5) is 27.1 Å². The van der Waals surface area contributed by atoms with Gasteiger partial charge in [0.25, 0.3) is 0 Å². The van der Waals surface area contributed by atoms with E-state index in [0.717, 1.165) is 24.3 Å². The van der Waals surface area contributed by atoms with Gasteiger partial charge < -0.3 is 0 Å².